The molecule has 0 aromatic heterocycles. The van der Waals surface area contributed by atoms with Gasteiger partial charge in [-0.3, -0.25) is 0 Å². The number of hydrogen-bond donors (Lipinski definition) is 1. The van der Waals surface area contributed by atoms with E-state index < -0.39 is 15.8 Å². The van der Waals surface area contributed by atoms with Gasteiger partial charge in [-0.25, -0.2) is 17.5 Å². The minimum atomic E-state index is -3.59. The van der Waals surface area contributed by atoms with E-state index >= 15 is 0 Å². The minimum Gasteiger partial charge on any atom is -0.207 e. The Kier molecular flexibility index (Phi) is 4.76. The molecule has 1 aromatic rings. The van der Waals surface area contributed by atoms with Crippen LogP contribution in [-0.4, -0.2) is 26.0 Å². The Morgan fingerprint density at radius 3 is 2.40 bits per heavy atom. The van der Waals surface area contributed by atoms with Crippen LogP contribution in [0.1, 0.15) is 30.4 Å². The summed E-state index contributed by atoms with van der Waals surface area (Å²) in [6.45, 7) is 3.26. The molecule has 0 saturated heterocycles. The largest absolute Gasteiger partial charge is 0.241 e. The van der Waals surface area contributed by atoms with Crippen LogP contribution in [0.2, 0.25) is 0 Å². The van der Waals surface area contributed by atoms with E-state index in [-0.39, 0.29) is 10.9 Å². The molecule has 1 aliphatic carbocycles. The first-order chi connectivity index (χ1) is 9.35. The summed E-state index contributed by atoms with van der Waals surface area (Å²) in [4.78, 5) is 0.214. The molecule has 1 fully saturated rings. The van der Waals surface area contributed by atoms with Crippen LogP contribution in [0.4, 0.5) is 4.39 Å². The Hall–Kier alpha value is -0.590. The van der Waals surface area contributed by atoms with Crippen molar-refractivity contribution < 1.29 is 12.8 Å². The summed E-state index contributed by atoms with van der Waals surface area (Å²) in [7, 11) is -3.59. The first-order valence-electron chi connectivity index (χ1n) is 6.67. The van der Waals surface area contributed by atoms with Crippen molar-refractivity contribution in [1.29, 1.82) is 0 Å². The molecule has 0 amide bonds. The van der Waals surface area contributed by atoms with Gasteiger partial charge in [-0.2, -0.15) is 11.8 Å². The third kappa shape index (κ3) is 3.18. The van der Waals surface area contributed by atoms with Gasteiger partial charge in [-0.15, -0.1) is 0 Å². The van der Waals surface area contributed by atoms with E-state index in [1.54, 1.807) is 25.6 Å². The van der Waals surface area contributed by atoms with E-state index in [0.29, 0.717) is 16.4 Å². The van der Waals surface area contributed by atoms with Crippen LogP contribution in [0.15, 0.2) is 17.0 Å². The van der Waals surface area contributed by atoms with Crippen molar-refractivity contribution in [2.45, 2.75) is 49.3 Å². The molecule has 3 nitrogen and oxygen atoms in total. The van der Waals surface area contributed by atoms with Crippen molar-refractivity contribution in [2.24, 2.45) is 0 Å². The molecular weight excluding hydrogens is 297 g/mol. The fraction of sp³-hybridized carbons (Fsp3) is 0.571. The SMILES string of the molecule is CSC1CCCC1NS(=O)(=O)c1c(C)cc(F)cc1C. The maximum atomic E-state index is 13.3. The molecule has 1 N–H and O–H groups in total. The Morgan fingerprint density at radius 2 is 1.85 bits per heavy atom. The Labute approximate surface area is 124 Å². The lowest BCUT2D eigenvalue weighted by Crippen LogP contribution is -2.39. The van der Waals surface area contributed by atoms with Crippen molar-refractivity contribution >= 4 is 21.8 Å². The number of nitrogens with one attached hydrogen (secondary N) is 1. The third-order valence-corrected chi connectivity index (χ3v) is 6.72. The normalized spacial score (nSPS) is 23.2. The van der Waals surface area contributed by atoms with Gasteiger partial charge in [0, 0.05) is 11.3 Å². The maximum Gasteiger partial charge on any atom is 0.241 e. The molecule has 2 unspecified atom stereocenters. The highest BCUT2D eigenvalue weighted by Gasteiger charge is 2.31. The summed E-state index contributed by atoms with van der Waals surface area (Å²) in [5, 5.41) is 0.325. The smallest absolute Gasteiger partial charge is 0.207 e. The van der Waals surface area contributed by atoms with Gasteiger partial charge in [0.2, 0.25) is 10.0 Å². The first-order valence-corrected chi connectivity index (χ1v) is 9.44. The zero-order valence-corrected chi connectivity index (χ0v) is 13.6. The number of thioether (sulfide) groups is 1. The quantitative estimate of drug-likeness (QED) is 0.928. The number of sulfonamides is 1. The van der Waals surface area contributed by atoms with Gasteiger partial charge in [-0.1, -0.05) is 6.42 Å². The molecule has 1 aliphatic rings. The molecular formula is C14H20FNO2S2. The number of hydrogen-bond acceptors (Lipinski definition) is 3. The number of aryl methyl sites for hydroxylation is 2. The molecule has 2 rings (SSSR count). The monoisotopic (exact) mass is 317 g/mol. The molecule has 1 aromatic carbocycles. The summed E-state index contributed by atoms with van der Waals surface area (Å²) in [5.41, 5.74) is 0.905. The van der Waals surface area contributed by atoms with Crippen LogP contribution in [0, 0.1) is 19.7 Å². The van der Waals surface area contributed by atoms with E-state index in [4.69, 9.17) is 0 Å². The zero-order chi connectivity index (χ0) is 14.9. The lowest BCUT2D eigenvalue weighted by atomic mass is 10.1. The fourth-order valence-electron chi connectivity index (χ4n) is 2.92. The number of rotatable bonds is 4. The molecule has 0 bridgehead atoms. The van der Waals surface area contributed by atoms with Crippen molar-refractivity contribution in [3.8, 4) is 0 Å². The fourth-order valence-corrected chi connectivity index (χ4v) is 5.71. The summed E-state index contributed by atoms with van der Waals surface area (Å²) in [5.74, 6) is -0.401. The predicted molar refractivity (Wildman–Crippen MR) is 81.1 cm³/mol. The summed E-state index contributed by atoms with van der Waals surface area (Å²) in [6.07, 6.45) is 4.95. The van der Waals surface area contributed by atoms with Crippen LogP contribution in [-0.2, 0) is 10.0 Å². The van der Waals surface area contributed by atoms with Crippen LogP contribution >= 0.6 is 11.8 Å². The van der Waals surface area contributed by atoms with E-state index in [1.165, 1.54) is 12.1 Å². The molecule has 0 aliphatic heterocycles. The van der Waals surface area contributed by atoms with Gasteiger partial charge in [0.1, 0.15) is 5.82 Å². The van der Waals surface area contributed by atoms with Gasteiger partial charge in [-0.05, 0) is 56.2 Å². The topological polar surface area (TPSA) is 46.2 Å². The summed E-state index contributed by atoms with van der Waals surface area (Å²) < 4.78 is 41.2. The minimum absolute atomic E-state index is 0.0288. The van der Waals surface area contributed by atoms with Gasteiger partial charge in [0.25, 0.3) is 0 Å². The van der Waals surface area contributed by atoms with Gasteiger partial charge < -0.3 is 0 Å². The predicted octanol–water partition coefficient (Wildman–Crippen LogP) is 3.00. The zero-order valence-electron chi connectivity index (χ0n) is 11.9. The van der Waals surface area contributed by atoms with Crippen LogP contribution in [0.5, 0.6) is 0 Å². The Balaban J connectivity index is 2.32. The van der Waals surface area contributed by atoms with Gasteiger partial charge in [0.15, 0.2) is 0 Å². The lowest BCUT2D eigenvalue weighted by Gasteiger charge is -2.20. The van der Waals surface area contributed by atoms with E-state index in [9.17, 15) is 12.8 Å². The summed E-state index contributed by atoms with van der Waals surface area (Å²) in [6, 6.07) is 2.50. The highest BCUT2D eigenvalue weighted by atomic mass is 32.2. The lowest BCUT2D eigenvalue weighted by molar-refractivity contribution is 0.553. The second-order valence-electron chi connectivity index (χ2n) is 5.30. The molecule has 2 atom stereocenters. The molecule has 112 valence electrons. The molecule has 20 heavy (non-hydrogen) atoms. The van der Waals surface area contributed by atoms with Crippen LogP contribution in [0.25, 0.3) is 0 Å². The first kappa shape index (κ1) is 15.8. The Morgan fingerprint density at radius 1 is 1.25 bits per heavy atom. The second-order valence-corrected chi connectivity index (χ2v) is 8.03. The van der Waals surface area contributed by atoms with Crippen molar-refractivity contribution in [2.75, 3.05) is 6.26 Å². The summed E-state index contributed by atoms with van der Waals surface area (Å²) >= 11 is 1.70. The molecule has 0 radical (unpaired) electrons. The highest BCUT2D eigenvalue weighted by Crippen LogP contribution is 2.30. The molecule has 0 spiro atoms. The Bertz CT molecular complexity index is 578. The molecule has 1 saturated carbocycles. The van der Waals surface area contributed by atoms with Crippen molar-refractivity contribution in [1.82, 2.24) is 4.72 Å². The maximum absolute atomic E-state index is 13.3. The van der Waals surface area contributed by atoms with Gasteiger partial charge >= 0.3 is 0 Å². The average Bonchev–Trinajstić information content (AvgIpc) is 2.73. The van der Waals surface area contributed by atoms with Gasteiger partial charge in [0.05, 0.1) is 4.90 Å². The molecule has 0 heterocycles. The second kappa shape index (κ2) is 6.03. The van der Waals surface area contributed by atoms with Crippen LogP contribution in [0.3, 0.4) is 0 Å². The highest BCUT2D eigenvalue weighted by molar-refractivity contribution is 7.99. The standard InChI is InChI=1S/C14H20FNO2S2/c1-9-7-11(15)8-10(2)14(9)20(17,18)16-12-5-4-6-13(12)19-3/h7-8,12-13,16H,4-6H2,1-3H3. The number of halogens is 1. The van der Waals surface area contributed by atoms with Crippen molar-refractivity contribution in [3.05, 3.63) is 29.1 Å². The van der Waals surface area contributed by atoms with E-state index in [2.05, 4.69) is 4.72 Å². The van der Waals surface area contributed by atoms with E-state index in [1.807, 2.05) is 6.26 Å². The number of benzene rings is 1. The van der Waals surface area contributed by atoms with E-state index in [0.717, 1.165) is 19.3 Å². The van der Waals surface area contributed by atoms with Crippen molar-refractivity contribution in [3.63, 3.8) is 0 Å². The molecule has 6 heteroatoms. The van der Waals surface area contributed by atoms with Crippen LogP contribution < -0.4 is 4.72 Å². The third-order valence-electron chi connectivity index (χ3n) is 3.76. The average molecular weight is 317 g/mol.